The van der Waals surface area contributed by atoms with Gasteiger partial charge >= 0.3 is 0 Å². The van der Waals surface area contributed by atoms with E-state index in [0.29, 0.717) is 0 Å². The third-order valence-corrected chi connectivity index (χ3v) is 6.73. The zero-order chi connectivity index (χ0) is 19.3. The summed E-state index contributed by atoms with van der Waals surface area (Å²) in [5.74, 6) is 0. The van der Waals surface area contributed by atoms with E-state index in [0.717, 1.165) is 16.8 Å². The Morgan fingerprint density at radius 1 is 0.704 bits per heavy atom. The molecule has 0 fully saturated rings. The van der Waals surface area contributed by atoms with E-state index in [1.54, 1.807) is 0 Å². The lowest BCUT2D eigenvalue weighted by molar-refractivity contribution is 0.618. The molecule has 0 aliphatic rings. The Balaban J connectivity index is 2.11. The normalized spacial score (nSPS) is 14.9. The summed E-state index contributed by atoms with van der Waals surface area (Å²) in [4.78, 5) is 0. The van der Waals surface area contributed by atoms with Crippen LogP contribution < -0.4 is 5.32 Å². The van der Waals surface area contributed by atoms with Gasteiger partial charge in [-0.15, -0.1) is 0 Å². The smallest absolute Gasteiger partial charge is 0.0845 e. The van der Waals surface area contributed by atoms with Gasteiger partial charge in [-0.1, -0.05) is 78.9 Å². The van der Waals surface area contributed by atoms with E-state index in [1.165, 1.54) is 0 Å². The van der Waals surface area contributed by atoms with Crippen molar-refractivity contribution in [3.8, 4) is 0 Å². The van der Waals surface area contributed by atoms with Gasteiger partial charge in [0, 0.05) is 21.2 Å². The molecule has 0 aliphatic heterocycles. The van der Waals surface area contributed by atoms with E-state index >= 15 is 0 Å². The van der Waals surface area contributed by atoms with Crippen LogP contribution in [0.4, 0.5) is 5.69 Å². The first kappa shape index (κ1) is 19.4. The van der Waals surface area contributed by atoms with Crippen molar-refractivity contribution in [1.29, 1.82) is 0 Å². The molecule has 0 spiro atoms. The molecular weight excluding hydrogens is 350 g/mol. The molecule has 0 aromatic heterocycles. The minimum absolute atomic E-state index is 0.101. The Morgan fingerprint density at radius 2 is 1.15 bits per heavy atom. The molecular formula is C24H27NOS. The Bertz CT molecular complexity index is 857. The predicted octanol–water partition coefficient (Wildman–Crippen LogP) is 6.13. The topological polar surface area (TPSA) is 29.1 Å². The minimum atomic E-state index is -1.09. The SMILES string of the molecule is CC(C)(C)S(=O)[C@@H](c1ccccc1)[C@@H](Nc1ccccc1)c1ccccc1. The summed E-state index contributed by atoms with van der Waals surface area (Å²) >= 11 is 0. The number of anilines is 1. The van der Waals surface area contributed by atoms with Crippen molar-refractivity contribution in [2.75, 3.05) is 5.32 Å². The summed E-state index contributed by atoms with van der Waals surface area (Å²) in [5, 5.41) is 3.48. The Kier molecular flexibility index (Phi) is 6.12. The molecule has 0 heterocycles. The molecule has 3 atom stereocenters. The van der Waals surface area contributed by atoms with Gasteiger partial charge in [0.25, 0.3) is 0 Å². The van der Waals surface area contributed by atoms with Crippen LogP contribution in [0.3, 0.4) is 0 Å². The fraction of sp³-hybridized carbons (Fsp3) is 0.250. The Morgan fingerprint density at radius 3 is 1.63 bits per heavy atom. The minimum Gasteiger partial charge on any atom is -0.377 e. The molecule has 0 radical (unpaired) electrons. The molecule has 27 heavy (non-hydrogen) atoms. The summed E-state index contributed by atoms with van der Waals surface area (Å²) in [7, 11) is -1.09. The molecule has 3 aromatic rings. The lowest BCUT2D eigenvalue weighted by atomic mass is 9.97. The number of hydrogen-bond donors (Lipinski definition) is 1. The number of para-hydroxylation sites is 1. The van der Waals surface area contributed by atoms with Gasteiger partial charge < -0.3 is 5.32 Å². The zero-order valence-corrected chi connectivity index (χ0v) is 16.9. The molecule has 0 saturated carbocycles. The summed E-state index contributed by atoms with van der Waals surface area (Å²) in [6.07, 6.45) is 0. The summed E-state index contributed by atoms with van der Waals surface area (Å²) in [5.41, 5.74) is 3.24. The van der Waals surface area contributed by atoms with Crippen LogP contribution in [-0.4, -0.2) is 8.96 Å². The predicted molar refractivity (Wildman–Crippen MR) is 116 cm³/mol. The second-order valence-electron chi connectivity index (χ2n) is 7.64. The van der Waals surface area contributed by atoms with Crippen molar-refractivity contribution in [2.24, 2.45) is 0 Å². The van der Waals surface area contributed by atoms with Gasteiger partial charge in [-0.25, -0.2) is 0 Å². The van der Waals surface area contributed by atoms with E-state index in [-0.39, 0.29) is 16.0 Å². The van der Waals surface area contributed by atoms with Crippen molar-refractivity contribution in [2.45, 2.75) is 36.8 Å². The highest BCUT2D eigenvalue weighted by Gasteiger charge is 2.36. The van der Waals surface area contributed by atoms with E-state index in [9.17, 15) is 4.21 Å². The first-order valence-corrected chi connectivity index (χ1v) is 10.5. The fourth-order valence-electron chi connectivity index (χ4n) is 3.17. The summed E-state index contributed by atoms with van der Waals surface area (Å²) in [6.45, 7) is 6.14. The van der Waals surface area contributed by atoms with Gasteiger partial charge in [-0.2, -0.15) is 0 Å². The van der Waals surface area contributed by atoms with Gasteiger partial charge in [-0.05, 0) is 44.0 Å². The number of nitrogens with one attached hydrogen (secondary N) is 1. The Labute approximate surface area is 165 Å². The maximum Gasteiger partial charge on any atom is 0.0845 e. The molecule has 0 bridgehead atoms. The molecule has 3 rings (SSSR count). The zero-order valence-electron chi connectivity index (χ0n) is 16.1. The maximum atomic E-state index is 13.6. The average Bonchev–Trinajstić information content (AvgIpc) is 2.69. The second kappa shape index (κ2) is 8.53. The molecule has 0 amide bonds. The van der Waals surface area contributed by atoms with Crippen LogP contribution in [0, 0.1) is 0 Å². The van der Waals surface area contributed by atoms with E-state index < -0.39 is 10.8 Å². The molecule has 3 heteroatoms. The lowest BCUT2D eigenvalue weighted by Gasteiger charge is -2.33. The largest absolute Gasteiger partial charge is 0.377 e. The van der Waals surface area contributed by atoms with Crippen LogP contribution in [0.1, 0.15) is 43.2 Å². The summed E-state index contributed by atoms with van der Waals surface area (Å²) < 4.78 is 13.3. The number of rotatable bonds is 6. The van der Waals surface area contributed by atoms with Crippen molar-refractivity contribution >= 4 is 16.5 Å². The average molecular weight is 378 g/mol. The van der Waals surface area contributed by atoms with Gasteiger partial charge in [0.05, 0.1) is 11.3 Å². The van der Waals surface area contributed by atoms with Crippen LogP contribution >= 0.6 is 0 Å². The van der Waals surface area contributed by atoms with Gasteiger partial charge in [0.2, 0.25) is 0 Å². The highest BCUT2D eigenvalue weighted by Crippen LogP contribution is 2.40. The standard InChI is InChI=1S/C24H27NOS/c1-24(2,3)27(26)23(20-15-9-5-10-16-20)22(19-13-7-4-8-14-19)25-21-17-11-6-12-18-21/h4-18,22-23,25H,1-3H3/t22-,23-,27?/m0/s1. The first-order chi connectivity index (χ1) is 13.0. The first-order valence-electron chi connectivity index (χ1n) is 9.29. The molecule has 2 nitrogen and oxygen atoms in total. The molecule has 1 N–H and O–H groups in total. The second-order valence-corrected chi connectivity index (χ2v) is 9.97. The highest BCUT2D eigenvalue weighted by atomic mass is 32.2. The van der Waals surface area contributed by atoms with Crippen molar-refractivity contribution in [3.63, 3.8) is 0 Å². The number of benzene rings is 3. The van der Waals surface area contributed by atoms with Gasteiger partial charge in [0.15, 0.2) is 0 Å². The van der Waals surface area contributed by atoms with Crippen LogP contribution in [0.2, 0.25) is 0 Å². The molecule has 140 valence electrons. The van der Waals surface area contributed by atoms with E-state index in [4.69, 9.17) is 0 Å². The third-order valence-electron chi connectivity index (χ3n) is 4.52. The van der Waals surface area contributed by atoms with Crippen molar-refractivity contribution in [1.82, 2.24) is 0 Å². The Hall–Kier alpha value is -2.39. The van der Waals surface area contributed by atoms with Crippen LogP contribution in [0.25, 0.3) is 0 Å². The van der Waals surface area contributed by atoms with Crippen LogP contribution in [-0.2, 0) is 10.8 Å². The quantitative estimate of drug-likeness (QED) is 0.560. The van der Waals surface area contributed by atoms with Crippen molar-refractivity contribution < 1.29 is 4.21 Å². The lowest BCUT2D eigenvalue weighted by Crippen LogP contribution is -2.32. The van der Waals surface area contributed by atoms with Crippen molar-refractivity contribution in [3.05, 3.63) is 102 Å². The number of hydrogen-bond acceptors (Lipinski definition) is 2. The monoisotopic (exact) mass is 377 g/mol. The molecule has 0 saturated heterocycles. The third kappa shape index (κ3) is 4.86. The van der Waals surface area contributed by atoms with Gasteiger partial charge in [0.1, 0.15) is 0 Å². The summed E-state index contributed by atoms with van der Waals surface area (Å²) in [6, 6.07) is 30.6. The molecule has 3 aromatic carbocycles. The van der Waals surface area contributed by atoms with E-state index in [1.807, 2.05) is 75.4 Å². The molecule has 0 aliphatic carbocycles. The van der Waals surface area contributed by atoms with Crippen LogP contribution in [0.15, 0.2) is 91.0 Å². The maximum absolute atomic E-state index is 13.6. The van der Waals surface area contributed by atoms with Gasteiger partial charge in [-0.3, -0.25) is 4.21 Å². The highest BCUT2D eigenvalue weighted by molar-refractivity contribution is 7.86. The fourth-order valence-corrected chi connectivity index (χ4v) is 4.81. The van der Waals surface area contributed by atoms with Crippen LogP contribution in [0.5, 0.6) is 0 Å². The molecule has 1 unspecified atom stereocenters. The van der Waals surface area contributed by atoms with E-state index in [2.05, 4.69) is 41.7 Å².